The van der Waals surface area contributed by atoms with Crippen LogP contribution in [-0.4, -0.2) is 47.7 Å². The third-order valence-corrected chi connectivity index (χ3v) is 4.99. The van der Waals surface area contributed by atoms with E-state index in [1.54, 1.807) is 25.7 Å². The van der Waals surface area contributed by atoms with Gasteiger partial charge < -0.3 is 9.47 Å². The van der Waals surface area contributed by atoms with E-state index in [9.17, 15) is 18.4 Å². The SMILES string of the molecule is CC(C)(C)OC(=O)N1C2COCC1CC(C(=O)Cc1c(F)cccc1F)C2. The minimum absolute atomic E-state index is 0.196. The fourth-order valence-electron chi connectivity index (χ4n) is 3.81. The number of benzene rings is 1. The summed E-state index contributed by atoms with van der Waals surface area (Å²) in [4.78, 5) is 26.9. The molecule has 2 heterocycles. The Morgan fingerprint density at radius 2 is 1.70 bits per heavy atom. The van der Waals surface area contributed by atoms with Crippen molar-refractivity contribution in [2.45, 2.75) is 57.7 Å². The third kappa shape index (κ3) is 4.46. The van der Waals surface area contributed by atoms with E-state index in [2.05, 4.69) is 0 Å². The lowest BCUT2D eigenvalue weighted by Gasteiger charge is -2.47. The van der Waals surface area contributed by atoms with Crippen LogP contribution in [0.25, 0.3) is 0 Å². The van der Waals surface area contributed by atoms with Gasteiger partial charge in [0.2, 0.25) is 0 Å². The van der Waals surface area contributed by atoms with Gasteiger partial charge in [-0.25, -0.2) is 13.6 Å². The Bertz CT molecular complexity index is 697. The Morgan fingerprint density at radius 3 is 2.22 bits per heavy atom. The first-order valence-electron chi connectivity index (χ1n) is 9.20. The van der Waals surface area contributed by atoms with Crippen LogP contribution in [0.2, 0.25) is 0 Å². The second-order valence-electron chi connectivity index (χ2n) is 8.24. The molecule has 148 valence electrons. The zero-order valence-corrected chi connectivity index (χ0v) is 15.8. The molecule has 1 aromatic carbocycles. The van der Waals surface area contributed by atoms with E-state index in [1.807, 2.05) is 0 Å². The van der Waals surface area contributed by atoms with Crippen molar-refractivity contribution < 1.29 is 27.8 Å². The number of piperidine rings is 1. The first-order valence-corrected chi connectivity index (χ1v) is 9.20. The Morgan fingerprint density at radius 1 is 1.15 bits per heavy atom. The van der Waals surface area contributed by atoms with Crippen molar-refractivity contribution in [1.29, 1.82) is 0 Å². The number of morpholine rings is 1. The van der Waals surface area contributed by atoms with Crippen LogP contribution in [0.15, 0.2) is 18.2 Å². The topological polar surface area (TPSA) is 55.8 Å². The van der Waals surface area contributed by atoms with Crippen molar-refractivity contribution in [3.8, 4) is 0 Å². The van der Waals surface area contributed by atoms with Gasteiger partial charge in [-0.2, -0.15) is 0 Å². The summed E-state index contributed by atoms with van der Waals surface area (Å²) in [5, 5.41) is 0. The molecular formula is C20H25F2NO4. The molecule has 0 N–H and O–H groups in total. The monoisotopic (exact) mass is 381 g/mol. The minimum Gasteiger partial charge on any atom is -0.444 e. The van der Waals surface area contributed by atoms with Crippen molar-refractivity contribution in [1.82, 2.24) is 4.90 Å². The summed E-state index contributed by atoms with van der Waals surface area (Å²) >= 11 is 0. The molecule has 2 saturated heterocycles. The van der Waals surface area contributed by atoms with Crippen LogP contribution < -0.4 is 0 Å². The highest BCUT2D eigenvalue weighted by Gasteiger charge is 2.45. The van der Waals surface area contributed by atoms with Crippen LogP contribution in [0, 0.1) is 17.6 Å². The average molecular weight is 381 g/mol. The second kappa shape index (κ2) is 7.54. The summed E-state index contributed by atoms with van der Waals surface area (Å²) in [6.45, 7) is 6.06. The molecule has 3 rings (SSSR count). The van der Waals surface area contributed by atoms with Gasteiger partial charge in [0, 0.05) is 17.9 Å². The standard InChI is InChI=1S/C20H25F2NO4/c1-20(2,3)27-19(25)23-13-7-12(8-14(23)11-26-10-13)18(24)9-15-16(21)5-4-6-17(15)22/h4-6,12-14H,7-11H2,1-3H3. The van der Waals surface area contributed by atoms with E-state index < -0.39 is 23.3 Å². The van der Waals surface area contributed by atoms with Gasteiger partial charge >= 0.3 is 6.09 Å². The maximum absolute atomic E-state index is 13.9. The summed E-state index contributed by atoms with van der Waals surface area (Å²) in [5.41, 5.74) is -0.806. The molecule has 1 amide bonds. The zero-order chi connectivity index (χ0) is 19.8. The Hall–Kier alpha value is -2.02. The lowest BCUT2D eigenvalue weighted by molar-refractivity contribution is -0.131. The van der Waals surface area contributed by atoms with Gasteiger partial charge in [0.1, 0.15) is 23.0 Å². The van der Waals surface area contributed by atoms with Crippen LogP contribution in [0.3, 0.4) is 0 Å². The summed E-state index contributed by atoms with van der Waals surface area (Å²) in [7, 11) is 0. The Kier molecular flexibility index (Phi) is 5.51. The van der Waals surface area contributed by atoms with E-state index in [0.29, 0.717) is 26.1 Å². The predicted molar refractivity (Wildman–Crippen MR) is 94.3 cm³/mol. The van der Waals surface area contributed by atoms with Crippen LogP contribution in [-0.2, 0) is 20.7 Å². The molecule has 27 heavy (non-hydrogen) atoms. The van der Waals surface area contributed by atoms with Crippen LogP contribution in [0.5, 0.6) is 0 Å². The van der Waals surface area contributed by atoms with Crippen LogP contribution >= 0.6 is 0 Å². The number of rotatable bonds is 3. The molecule has 0 aliphatic carbocycles. The summed E-state index contributed by atoms with van der Waals surface area (Å²) in [6, 6.07) is 3.04. The van der Waals surface area contributed by atoms with E-state index in [-0.39, 0.29) is 35.8 Å². The Labute approximate surface area is 157 Å². The number of amides is 1. The van der Waals surface area contributed by atoms with Crippen molar-refractivity contribution in [3.05, 3.63) is 35.4 Å². The molecule has 2 aliphatic heterocycles. The number of halogens is 2. The van der Waals surface area contributed by atoms with Gasteiger partial charge in [-0.15, -0.1) is 0 Å². The molecule has 0 radical (unpaired) electrons. The smallest absolute Gasteiger partial charge is 0.410 e. The fourth-order valence-corrected chi connectivity index (χ4v) is 3.81. The number of carbonyl (C=O) groups excluding carboxylic acids is 2. The van der Waals surface area contributed by atoms with Crippen molar-refractivity contribution >= 4 is 11.9 Å². The minimum atomic E-state index is -0.710. The molecule has 7 heteroatoms. The Balaban J connectivity index is 1.71. The first-order chi connectivity index (χ1) is 12.7. The summed E-state index contributed by atoms with van der Waals surface area (Å²) < 4.78 is 38.7. The van der Waals surface area contributed by atoms with Gasteiger partial charge in [0.05, 0.1) is 25.3 Å². The molecule has 0 spiro atoms. The van der Waals surface area contributed by atoms with Gasteiger partial charge in [-0.05, 0) is 45.7 Å². The molecule has 2 aliphatic rings. The number of ketones is 1. The van der Waals surface area contributed by atoms with Gasteiger partial charge in [0.25, 0.3) is 0 Å². The van der Waals surface area contributed by atoms with E-state index in [1.165, 1.54) is 6.07 Å². The lowest BCUT2D eigenvalue weighted by Crippen LogP contribution is -2.60. The summed E-state index contributed by atoms with van der Waals surface area (Å²) in [5.74, 6) is -1.99. The quantitative estimate of drug-likeness (QED) is 0.804. The maximum atomic E-state index is 13.9. The fraction of sp³-hybridized carbons (Fsp3) is 0.600. The third-order valence-electron chi connectivity index (χ3n) is 4.99. The number of fused-ring (bicyclic) bond motifs is 2. The normalized spacial score (nSPS) is 25.2. The van der Waals surface area contributed by atoms with Crippen molar-refractivity contribution in [2.75, 3.05) is 13.2 Å². The molecular weight excluding hydrogens is 356 g/mol. The van der Waals surface area contributed by atoms with E-state index >= 15 is 0 Å². The van der Waals surface area contributed by atoms with Gasteiger partial charge in [0.15, 0.2) is 0 Å². The second-order valence-corrected chi connectivity index (χ2v) is 8.24. The molecule has 5 nitrogen and oxygen atoms in total. The molecule has 0 aromatic heterocycles. The lowest BCUT2D eigenvalue weighted by atomic mass is 9.81. The zero-order valence-electron chi connectivity index (χ0n) is 15.8. The van der Waals surface area contributed by atoms with E-state index in [4.69, 9.17) is 9.47 Å². The number of hydrogen-bond donors (Lipinski definition) is 0. The molecule has 2 bridgehead atoms. The molecule has 2 atom stereocenters. The predicted octanol–water partition coefficient (Wildman–Crippen LogP) is 3.49. The molecule has 2 fully saturated rings. The molecule has 2 unspecified atom stereocenters. The van der Waals surface area contributed by atoms with E-state index in [0.717, 1.165) is 12.1 Å². The van der Waals surface area contributed by atoms with Crippen molar-refractivity contribution in [3.63, 3.8) is 0 Å². The van der Waals surface area contributed by atoms with Crippen LogP contribution in [0.1, 0.15) is 39.2 Å². The first kappa shape index (κ1) is 19.7. The highest BCUT2D eigenvalue weighted by atomic mass is 19.1. The summed E-state index contributed by atoms with van der Waals surface area (Å²) in [6.07, 6.45) is 0.123. The number of Topliss-reactive ketones (excluding diaryl/α,β-unsaturated/α-hetero) is 1. The molecule has 1 aromatic rings. The molecule has 0 saturated carbocycles. The number of carbonyl (C=O) groups is 2. The number of ether oxygens (including phenoxy) is 2. The maximum Gasteiger partial charge on any atom is 0.410 e. The number of hydrogen-bond acceptors (Lipinski definition) is 4. The largest absolute Gasteiger partial charge is 0.444 e. The van der Waals surface area contributed by atoms with Crippen molar-refractivity contribution in [2.24, 2.45) is 5.92 Å². The highest BCUT2D eigenvalue weighted by Crippen LogP contribution is 2.34. The van der Waals surface area contributed by atoms with Gasteiger partial charge in [-0.1, -0.05) is 6.07 Å². The van der Waals surface area contributed by atoms with Gasteiger partial charge in [-0.3, -0.25) is 9.69 Å². The average Bonchev–Trinajstić information content (AvgIpc) is 2.55. The number of nitrogens with zero attached hydrogens (tertiary/aromatic N) is 1. The van der Waals surface area contributed by atoms with Crippen LogP contribution in [0.4, 0.5) is 13.6 Å². The highest BCUT2D eigenvalue weighted by molar-refractivity contribution is 5.84.